The van der Waals surface area contributed by atoms with Crippen LogP contribution in [0.4, 0.5) is 10.2 Å². The van der Waals surface area contributed by atoms with Gasteiger partial charge >= 0.3 is 16.1 Å². The van der Waals surface area contributed by atoms with Crippen molar-refractivity contribution < 1.29 is 31.8 Å². The van der Waals surface area contributed by atoms with Crippen LogP contribution in [0.2, 0.25) is 0 Å². The number of hydrogen-bond acceptors (Lipinski definition) is 8. The number of nitrogens with zero attached hydrogens (tertiary/aromatic N) is 2. The Hall–Kier alpha value is -1.25. The summed E-state index contributed by atoms with van der Waals surface area (Å²) in [5, 5.41) is 8.86. The molecule has 0 aromatic carbocycles. The second kappa shape index (κ2) is 7.15. The molecule has 0 bridgehead atoms. The van der Waals surface area contributed by atoms with Crippen molar-refractivity contribution in [2.24, 2.45) is 0 Å². The van der Waals surface area contributed by atoms with Gasteiger partial charge in [-0.1, -0.05) is 0 Å². The van der Waals surface area contributed by atoms with Crippen LogP contribution in [-0.2, 0) is 15.1 Å². The maximum absolute atomic E-state index is 13.1. The number of ether oxygens (including phenoxy) is 1. The molecule has 120 valence electrons. The quantitative estimate of drug-likeness (QED) is 0.483. The topological polar surface area (TPSA) is 165 Å². The Morgan fingerprint density at radius 3 is 2.62 bits per heavy atom. The van der Waals surface area contributed by atoms with Gasteiger partial charge in [-0.25, -0.2) is 9.18 Å². The molecule has 1 aliphatic heterocycles. The van der Waals surface area contributed by atoms with Crippen LogP contribution in [0.5, 0.6) is 0 Å². The molecule has 0 amide bonds. The Bertz CT molecular complexity index is 642. The number of hydrogen-bond donors (Lipinski definition) is 4. The van der Waals surface area contributed by atoms with E-state index in [9.17, 15) is 9.18 Å². The summed E-state index contributed by atoms with van der Waals surface area (Å²) in [4.78, 5) is 14.8. The summed E-state index contributed by atoms with van der Waals surface area (Å²) in [6, 6.07) is 0. The summed E-state index contributed by atoms with van der Waals surface area (Å²) in [6.07, 6.45) is 0.354. The first-order valence-corrected chi connectivity index (χ1v) is 7.68. The Labute approximate surface area is 122 Å². The lowest BCUT2D eigenvalue weighted by Crippen LogP contribution is -2.29. The van der Waals surface area contributed by atoms with Crippen molar-refractivity contribution in [3.63, 3.8) is 0 Å². The normalized spacial score (nSPS) is 21.7. The predicted octanol–water partition coefficient (Wildman–Crippen LogP) is -1.11. The van der Waals surface area contributed by atoms with Crippen LogP contribution in [0.3, 0.4) is 0 Å². The Morgan fingerprint density at radius 2 is 2.14 bits per heavy atom. The highest BCUT2D eigenvalue weighted by Crippen LogP contribution is 2.30. The zero-order valence-corrected chi connectivity index (χ0v) is 11.9. The molecule has 1 fully saturated rings. The van der Waals surface area contributed by atoms with Crippen molar-refractivity contribution in [1.29, 1.82) is 0 Å². The molecule has 5 N–H and O–H groups in total. The molecule has 1 aromatic heterocycles. The highest BCUT2D eigenvalue weighted by Gasteiger charge is 2.27. The average molecular weight is 345 g/mol. The fourth-order valence-corrected chi connectivity index (χ4v) is 2.28. The molecule has 1 saturated heterocycles. The van der Waals surface area contributed by atoms with E-state index in [0.29, 0.717) is 5.75 Å². The highest BCUT2D eigenvalue weighted by atomic mass is 32.3. The van der Waals surface area contributed by atoms with E-state index in [4.69, 9.17) is 33.1 Å². The SMILES string of the molecule is Nc1nc(=O)n([C@@H]2CS[C@H](CO)O2)cc1F.O=S(=O)(O)O. The lowest BCUT2D eigenvalue weighted by Gasteiger charge is -2.13. The van der Waals surface area contributed by atoms with Crippen molar-refractivity contribution >= 4 is 28.0 Å². The molecule has 0 radical (unpaired) electrons. The van der Waals surface area contributed by atoms with Crippen molar-refractivity contribution in [2.45, 2.75) is 11.7 Å². The van der Waals surface area contributed by atoms with Crippen LogP contribution < -0.4 is 11.4 Å². The molecule has 2 rings (SSSR count). The van der Waals surface area contributed by atoms with Crippen molar-refractivity contribution in [3.8, 4) is 0 Å². The van der Waals surface area contributed by atoms with Gasteiger partial charge in [0.2, 0.25) is 0 Å². The van der Waals surface area contributed by atoms with Gasteiger partial charge in [0.15, 0.2) is 11.6 Å². The van der Waals surface area contributed by atoms with Crippen molar-refractivity contribution in [1.82, 2.24) is 9.55 Å². The van der Waals surface area contributed by atoms with Gasteiger partial charge in [0.05, 0.1) is 12.8 Å². The van der Waals surface area contributed by atoms with E-state index >= 15 is 0 Å². The second-order valence-electron chi connectivity index (χ2n) is 3.65. The molecule has 13 heteroatoms. The molecule has 0 saturated carbocycles. The Balaban J connectivity index is 0.000000383. The zero-order chi connectivity index (χ0) is 16.2. The van der Waals surface area contributed by atoms with E-state index in [-0.39, 0.29) is 6.61 Å². The van der Waals surface area contributed by atoms with Gasteiger partial charge in [-0.05, 0) is 0 Å². The van der Waals surface area contributed by atoms with Crippen LogP contribution in [0.1, 0.15) is 6.23 Å². The molecular formula is C8H12FN3O7S2. The summed E-state index contributed by atoms with van der Waals surface area (Å²) in [5.74, 6) is -0.734. The van der Waals surface area contributed by atoms with Crippen LogP contribution >= 0.6 is 11.8 Å². The monoisotopic (exact) mass is 345 g/mol. The van der Waals surface area contributed by atoms with Crippen LogP contribution in [0.25, 0.3) is 0 Å². The fourth-order valence-electron chi connectivity index (χ4n) is 1.35. The van der Waals surface area contributed by atoms with Gasteiger partial charge < -0.3 is 15.6 Å². The highest BCUT2D eigenvalue weighted by molar-refractivity contribution is 8.00. The Morgan fingerprint density at radius 1 is 1.57 bits per heavy atom. The summed E-state index contributed by atoms with van der Waals surface area (Å²) < 4.78 is 51.1. The average Bonchev–Trinajstić information content (AvgIpc) is 2.80. The zero-order valence-electron chi connectivity index (χ0n) is 10.3. The molecule has 2 atom stereocenters. The lowest BCUT2D eigenvalue weighted by molar-refractivity contribution is -0.00677. The van der Waals surface area contributed by atoms with Gasteiger partial charge in [-0.15, -0.1) is 11.8 Å². The van der Waals surface area contributed by atoms with Crippen LogP contribution in [-0.4, -0.2) is 50.0 Å². The number of nitrogens with two attached hydrogens (primary N) is 1. The summed E-state index contributed by atoms with van der Waals surface area (Å²) >= 11 is 1.35. The molecule has 0 unspecified atom stereocenters. The molecule has 0 aliphatic carbocycles. The smallest absolute Gasteiger partial charge is 0.393 e. The van der Waals surface area contributed by atoms with Gasteiger partial charge in [-0.2, -0.15) is 13.4 Å². The summed E-state index contributed by atoms with van der Waals surface area (Å²) in [7, 11) is -4.67. The van der Waals surface area contributed by atoms with E-state index in [1.165, 1.54) is 11.8 Å². The first kappa shape index (κ1) is 17.8. The number of rotatable bonds is 2. The van der Waals surface area contributed by atoms with Gasteiger partial charge in [-0.3, -0.25) is 13.7 Å². The number of nitrogen functional groups attached to an aromatic ring is 1. The summed E-state index contributed by atoms with van der Waals surface area (Å²) in [6.45, 7) is -0.152. The predicted molar refractivity (Wildman–Crippen MR) is 70.5 cm³/mol. The number of aliphatic hydroxyl groups is 1. The second-order valence-corrected chi connectivity index (χ2v) is 5.74. The minimum atomic E-state index is -4.67. The molecule has 1 aromatic rings. The van der Waals surface area contributed by atoms with E-state index in [1.807, 2.05) is 0 Å². The largest absolute Gasteiger partial charge is 0.394 e. The van der Waals surface area contributed by atoms with Crippen LogP contribution in [0, 0.1) is 5.82 Å². The third-order valence-corrected chi connectivity index (χ3v) is 3.24. The third-order valence-electron chi connectivity index (χ3n) is 2.13. The first-order chi connectivity index (χ1) is 9.61. The molecule has 1 aliphatic rings. The minimum Gasteiger partial charge on any atom is -0.393 e. The molecule has 10 nitrogen and oxygen atoms in total. The van der Waals surface area contributed by atoms with Crippen molar-refractivity contribution in [3.05, 3.63) is 22.5 Å². The number of aromatic nitrogens is 2. The molecule has 2 heterocycles. The molecular weight excluding hydrogens is 333 g/mol. The van der Waals surface area contributed by atoms with Gasteiger partial charge in [0.1, 0.15) is 11.7 Å². The maximum atomic E-state index is 13.1. The van der Waals surface area contributed by atoms with Gasteiger partial charge in [0, 0.05) is 5.75 Å². The molecule has 0 spiro atoms. The lowest BCUT2D eigenvalue weighted by atomic mass is 10.5. The number of anilines is 1. The van der Waals surface area contributed by atoms with Crippen LogP contribution in [0.15, 0.2) is 11.0 Å². The van der Waals surface area contributed by atoms with Crippen molar-refractivity contribution in [2.75, 3.05) is 18.1 Å². The van der Waals surface area contributed by atoms with E-state index < -0.39 is 39.4 Å². The molecule has 21 heavy (non-hydrogen) atoms. The fraction of sp³-hybridized carbons (Fsp3) is 0.500. The minimum absolute atomic E-state index is 0.152. The standard InChI is InChI=1S/C8H10FN3O3S.H2O4S/c9-4-1-12(8(14)11-7(4)10)5-3-16-6(2-13)15-5;1-5(2,3)4/h1,5-6,13H,2-3H2,(H2,10,11,14);(H2,1,2,3,4)/t5-,6+;/m0./s1. The third kappa shape index (κ3) is 5.94. The van der Waals surface area contributed by atoms with E-state index in [0.717, 1.165) is 10.8 Å². The number of aliphatic hydroxyl groups excluding tert-OH is 1. The summed E-state index contributed by atoms with van der Waals surface area (Å²) in [5.41, 5.74) is 4.10. The van der Waals surface area contributed by atoms with E-state index in [1.54, 1.807) is 0 Å². The van der Waals surface area contributed by atoms with E-state index in [2.05, 4.69) is 4.98 Å². The maximum Gasteiger partial charge on any atom is 0.394 e. The first-order valence-electron chi connectivity index (χ1n) is 5.23. The van der Waals surface area contributed by atoms with Gasteiger partial charge in [0.25, 0.3) is 0 Å². The number of thioether (sulfide) groups is 1. The Kier molecular flexibility index (Phi) is 6.06. The number of halogens is 1.